The largest absolute Gasteiger partial charge is 0.481 e. The summed E-state index contributed by atoms with van der Waals surface area (Å²) in [6.45, 7) is 12.4. The predicted octanol–water partition coefficient (Wildman–Crippen LogP) is 7.44. The average molecular weight is 786 g/mol. The molecule has 0 bridgehead atoms. The summed E-state index contributed by atoms with van der Waals surface area (Å²) in [4.78, 5) is 39.7. The maximum Gasteiger partial charge on any atom is 0.303 e. The van der Waals surface area contributed by atoms with Crippen LogP contribution in [0, 0.1) is 0 Å². The fourth-order valence-electron chi connectivity index (χ4n) is 7.66. The van der Waals surface area contributed by atoms with Gasteiger partial charge in [0.2, 0.25) is 5.69 Å². The van der Waals surface area contributed by atoms with E-state index in [0.29, 0.717) is 67.4 Å². The summed E-state index contributed by atoms with van der Waals surface area (Å²) in [5.41, 5.74) is 3.79. The molecule has 0 radical (unpaired) electrons. The molecule has 4 rings (SSSR count). The van der Waals surface area contributed by atoms with E-state index in [1.54, 1.807) is 18.2 Å². The summed E-state index contributed by atoms with van der Waals surface area (Å²) in [5.74, 6) is -1.53. The molecule has 294 valence electrons. The minimum Gasteiger partial charge on any atom is -0.481 e. The highest BCUT2D eigenvalue weighted by Crippen LogP contribution is 2.50. The van der Waals surface area contributed by atoms with Crippen LogP contribution in [0.3, 0.4) is 0 Å². The fourth-order valence-corrected chi connectivity index (χ4v) is 8.66. The van der Waals surface area contributed by atoms with Gasteiger partial charge in [-0.1, -0.05) is 33.8 Å². The maximum atomic E-state index is 13.7. The first kappa shape index (κ1) is 42.8. The van der Waals surface area contributed by atoms with Gasteiger partial charge in [0.05, 0.1) is 16.1 Å². The molecule has 0 saturated heterocycles. The van der Waals surface area contributed by atoms with Gasteiger partial charge in [0, 0.05) is 77.9 Å². The van der Waals surface area contributed by atoms with Gasteiger partial charge in [0.15, 0.2) is 17.3 Å². The molecule has 0 aromatic heterocycles. The lowest BCUT2D eigenvalue weighted by Crippen LogP contribution is -2.29. The molecule has 0 saturated carbocycles. The first-order valence-corrected chi connectivity index (χ1v) is 21.5. The van der Waals surface area contributed by atoms with Gasteiger partial charge in [0.25, 0.3) is 20.2 Å². The van der Waals surface area contributed by atoms with E-state index in [9.17, 15) is 40.3 Å². The lowest BCUT2D eigenvalue weighted by molar-refractivity contribution is -0.438. The zero-order chi connectivity index (χ0) is 40.2. The Balaban J connectivity index is 1.87. The Kier molecular flexibility index (Phi) is 13.3. The molecule has 12 nitrogen and oxygen atoms in total. The molecule has 2 aliphatic heterocycles. The molecule has 0 atom stereocenters. The van der Waals surface area contributed by atoms with Crippen LogP contribution in [0.25, 0.3) is 0 Å². The van der Waals surface area contributed by atoms with E-state index < -0.39 is 42.8 Å². The Morgan fingerprint density at radius 1 is 0.833 bits per heavy atom. The van der Waals surface area contributed by atoms with Crippen LogP contribution in [-0.2, 0) is 35.9 Å². The van der Waals surface area contributed by atoms with E-state index in [2.05, 4.69) is 4.58 Å². The Hall–Kier alpha value is -3.98. The standard InChI is InChI=1S/C40H52N2O10S2/c1-7-14-33(43)27-24-29(34(44)15-8-2)38-32(25-27)42(22-13-23-53(47,48)49)36(40(38,5)6)17-12-16-35-39(3,4)30-26-28(54(50,51)52)19-20-31(30)41(35)21-11-9-10-18-37(45)46/h12,16-17,19-20,24-26H,7-11,13-15,18,21-23H2,1-6H3,(H2-,45,46,47,48,49,50,51,52)/p+1. The third kappa shape index (κ3) is 9.45. The number of benzene rings is 2. The van der Waals surface area contributed by atoms with E-state index in [-0.39, 0.29) is 42.3 Å². The molecule has 54 heavy (non-hydrogen) atoms. The molecule has 0 amide bonds. The number of rotatable bonds is 19. The number of carboxylic acid groups (broad SMARTS) is 1. The Morgan fingerprint density at radius 2 is 1.50 bits per heavy atom. The van der Waals surface area contributed by atoms with Crippen molar-refractivity contribution in [1.29, 1.82) is 0 Å². The van der Waals surface area contributed by atoms with Gasteiger partial charge in [-0.3, -0.25) is 23.5 Å². The number of fused-ring (bicyclic) bond motifs is 2. The number of hydrogen-bond donors (Lipinski definition) is 3. The van der Waals surface area contributed by atoms with Crippen LogP contribution in [0.2, 0.25) is 0 Å². The molecule has 14 heteroatoms. The quantitative estimate of drug-likeness (QED) is 0.0556. The summed E-state index contributed by atoms with van der Waals surface area (Å²) in [7, 11) is -8.73. The lowest BCUT2D eigenvalue weighted by Gasteiger charge is -2.27. The number of hydrogen-bond acceptors (Lipinski definition) is 8. The number of nitrogens with zero attached hydrogens (tertiary/aromatic N) is 2. The fraction of sp³-hybridized carbons (Fsp3) is 0.500. The van der Waals surface area contributed by atoms with Gasteiger partial charge in [-0.2, -0.15) is 21.4 Å². The number of carbonyl (C=O) groups excluding carboxylic acids is 2. The van der Waals surface area contributed by atoms with Crippen LogP contribution in [-0.4, -0.2) is 77.7 Å². The van der Waals surface area contributed by atoms with Crippen molar-refractivity contribution < 1.29 is 50.0 Å². The van der Waals surface area contributed by atoms with Crippen LogP contribution in [0.15, 0.2) is 59.2 Å². The number of aliphatic carboxylic acids is 1. The topological polar surface area (TPSA) is 186 Å². The summed E-state index contributed by atoms with van der Waals surface area (Å²) in [6, 6.07) is 7.96. The highest BCUT2D eigenvalue weighted by Gasteiger charge is 2.46. The van der Waals surface area contributed by atoms with Crippen molar-refractivity contribution in [2.24, 2.45) is 0 Å². The van der Waals surface area contributed by atoms with E-state index in [1.807, 2.05) is 64.7 Å². The molecule has 2 aromatic carbocycles. The molecular weight excluding hydrogens is 733 g/mol. The van der Waals surface area contributed by atoms with Gasteiger partial charge in [-0.25, -0.2) is 0 Å². The normalized spacial score (nSPS) is 17.0. The maximum absolute atomic E-state index is 13.7. The summed E-state index contributed by atoms with van der Waals surface area (Å²) in [6.07, 6.45) is 9.48. The number of ketones is 2. The number of carbonyl (C=O) groups is 3. The molecule has 2 heterocycles. The second-order valence-corrected chi connectivity index (χ2v) is 18.1. The second-order valence-electron chi connectivity index (χ2n) is 15.1. The SMILES string of the molecule is CCCC(=O)c1cc(C(=O)CCC)c2c(c1)N(CCCS(=O)(=O)O)C(=CC=CC1=[N+](CCCCCC(=O)O)c3ccc(S(=O)(=O)O)cc3C1(C)C)C2(C)C. The Labute approximate surface area is 319 Å². The highest BCUT2D eigenvalue weighted by atomic mass is 32.2. The van der Waals surface area contributed by atoms with Crippen molar-refractivity contribution in [2.75, 3.05) is 23.7 Å². The van der Waals surface area contributed by atoms with Gasteiger partial charge < -0.3 is 10.0 Å². The van der Waals surface area contributed by atoms with Crippen molar-refractivity contribution >= 4 is 54.9 Å². The lowest BCUT2D eigenvalue weighted by atomic mass is 9.78. The number of unbranched alkanes of at least 4 members (excludes halogenated alkanes) is 2. The van der Waals surface area contributed by atoms with Crippen LogP contribution in [0.4, 0.5) is 11.4 Å². The molecule has 3 N–H and O–H groups in total. The van der Waals surface area contributed by atoms with Gasteiger partial charge in [-0.15, -0.1) is 0 Å². The van der Waals surface area contributed by atoms with Crippen molar-refractivity contribution in [1.82, 2.24) is 0 Å². The molecule has 2 aromatic rings. The van der Waals surface area contributed by atoms with Crippen LogP contribution in [0.5, 0.6) is 0 Å². The van der Waals surface area contributed by atoms with Crippen LogP contribution < -0.4 is 4.90 Å². The van der Waals surface area contributed by atoms with Crippen molar-refractivity contribution in [3.63, 3.8) is 0 Å². The van der Waals surface area contributed by atoms with E-state index in [1.165, 1.54) is 12.1 Å². The molecule has 0 aliphatic carbocycles. The van der Waals surface area contributed by atoms with E-state index in [4.69, 9.17) is 5.11 Å². The van der Waals surface area contributed by atoms with Gasteiger partial charge in [0.1, 0.15) is 6.54 Å². The third-order valence-corrected chi connectivity index (χ3v) is 11.9. The highest BCUT2D eigenvalue weighted by molar-refractivity contribution is 7.86. The average Bonchev–Trinajstić information content (AvgIpc) is 3.41. The number of allylic oxidation sites excluding steroid dienone is 4. The van der Waals surface area contributed by atoms with Crippen molar-refractivity contribution in [2.45, 2.75) is 115 Å². The minimum absolute atomic E-state index is 0.0583. The first-order valence-electron chi connectivity index (χ1n) is 18.5. The van der Waals surface area contributed by atoms with Crippen LogP contribution in [0.1, 0.15) is 131 Å². The minimum atomic E-state index is -4.47. The molecular formula is C40H53N2O10S2+. The number of Topliss-reactive ketones (excluding diaryl/α,β-unsaturated/α-hetero) is 2. The molecule has 0 fully saturated rings. The van der Waals surface area contributed by atoms with Crippen molar-refractivity contribution in [3.05, 3.63) is 76.5 Å². The molecule has 0 spiro atoms. The van der Waals surface area contributed by atoms with Gasteiger partial charge >= 0.3 is 5.97 Å². The third-order valence-electron chi connectivity index (χ3n) is 10.3. The summed E-state index contributed by atoms with van der Waals surface area (Å²) in [5, 5.41) is 9.09. The summed E-state index contributed by atoms with van der Waals surface area (Å²) < 4.78 is 69.2. The molecule has 2 aliphatic rings. The number of anilines is 1. The second kappa shape index (κ2) is 16.8. The Morgan fingerprint density at radius 3 is 2.11 bits per heavy atom. The Bertz CT molecular complexity index is 2130. The zero-order valence-electron chi connectivity index (χ0n) is 32.0. The van der Waals surface area contributed by atoms with Crippen LogP contribution >= 0.6 is 0 Å². The smallest absolute Gasteiger partial charge is 0.303 e. The van der Waals surface area contributed by atoms with Crippen molar-refractivity contribution in [3.8, 4) is 0 Å². The van der Waals surface area contributed by atoms with Gasteiger partial charge in [-0.05, 0) is 81.9 Å². The van der Waals surface area contributed by atoms with E-state index in [0.717, 1.165) is 22.7 Å². The summed E-state index contributed by atoms with van der Waals surface area (Å²) >= 11 is 0. The predicted molar refractivity (Wildman–Crippen MR) is 209 cm³/mol. The monoisotopic (exact) mass is 785 g/mol. The first-order chi connectivity index (χ1) is 25.1. The van der Waals surface area contributed by atoms with E-state index >= 15 is 0 Å². The zero-order valence-corrected chi connectivity index (χ0v) is 33.6. The number of carboxylic acids is 1. The molecule has 0 unspecified atom stereocenters.